The van der Waals surface area contributed by atoms with Crippen LogP contribution in [0.2, 0.25) is 0 Å². The SMILES string of the molecule is C/C=C\c1c(CCC)c(-c2ccc(-c3ccc4oc5ccccc5c4c3)cc2)c2ccccc2c1-c1cccc2oc3cc4ccccc4cc3c12. The van der Waals surface area contributed by atoms with Crippen molar-refractivity contribution >= 4 is 71.5 Å². The van der Waals surface area contributed by atoms with Crippen molar-refractivity contribution in [1.29, 1.82) is 0 Å². The molecule has 2 aromatic heterocycles. The molecule has 10 aromatic rings. The Kier molecular flexibility index (Phi) is 7.11. The second-order valence-corrected chi connectivity index (χ2v) is 13.8. The molecular formula is C50H36O2. The van der Waals surface area contributed by atoms with E-state index in [-0.39, 0.29) is 0 Å². The molecule has 248 valence electrons. The Bertz CT molecular complexity index is 3020. The number of fused-ring (bicyclic) bond motifs is 8. The Hall–Kier alpha value is -6.38. The van der Waals surface area contributed by atoms with Crippen LogP contribution >= 0.6 is 0 Å². The lowest BCUT2D eigenvalue weighted by Crippen LogP contribution is -2.00. The minimum Gasteiger partial charge on any atom is -0.456 e. The van der Waals surface area contributed by atoms with Crippen molar-refractivity contribution in [3.63, 3.8) is 0 Å². The molecule has 0 saturated carbocycles. The summed E-state index contributed by atoms with van der Waals surface area (Å²) in [5.41, 5.74) is 13.7. The number of benzene rings is 8. The van der Waals surface area contributed by atoms with E-state index in [1.54, 1.807) is 0 Å². The molecule has 0 saturated heterocycles. The van der Waals surface area contributed by atoms with Crippen molar-refractivity contribution in [2.75, 3.05) is 0 Å². The van der Waals surface area contributed by atoms with E-state index in [0.29, 0.717) is 0 Å². The van der Waals surface area contributed by atoms with Crippen LogP contribution in [0.25, 0.3) is 105 Å². The second-order valence-electron chi connectivity index (χ2n) is 13.8. The van der Waals surface area contributed by atoms with Gasteiger partial charge in [-0.25, -0.2) is 0 Å². The summed E-state index contributed by atoms with van der Waals surface area (Å²) < 4.78 is 12.7. The van der Waals surface area contributed by atoms with Gasteiger partial charge >= 0.3 is 0 Å². The number of para-hydroxylation sites is 1. The lowest BCUT2D eigenvalue weighted by Gasteiger charge is -2.22. The van der Waals surface area contributed by atoms with Gasteiger partial charge in [-0.05, 0) is 116 Å². The first-order valence-corrected chi connectivity index (χ1v) is 18.3. The molecule has 0 bridgehead atoms. The van der Waals surface area contributed by atoms with Crippen molar-refractivity contribution in [2.45, 2.75) is 26.7 Å². The van der Waals surface area contributed by atoms with Gasteiger partial charge in [-0.2, -0.15) is 0 Å². The maximum absolute atomic E-state index is 6.57. The smallest absolute Gasteiger partial charge is 0.136 e. The molecule has 8 aromatic carbocycles. The van der Waals surface area contributed by atoms with Gasteiger partial charge in [0.25, 0.3) is 0 Å². The summed E-state index contributed by atoms with van der Waals surface area (Å²) in [6.07, 6.45) is 6.52. The molecular weight excluding hydrogens is 633 g/mol. The minimum absolute atomic E-state index is 0.914. The molecule has 0 aliphatic rings. The number of allylic oxidation sites excluding steroid dienone is 1. The summed E-state index contributed by atoms with van der Waals surface area (Å²) in [4.78, 5) is 0. The van der Waals surface area contributed by atoms with E-state index in [4.69, 9.17) is 8.83 Å². The third-order valence-corrected chi connectivity index (χ3v) is 10.7. The number of hydrogen-bond acceptors (Lipinski definition) is 2. The number of hydrogen-bond donors (Lipinski definition) is 0. The van der Waals surface area contributed by atoms with Crippen LogP contribution in [0.4, 0.5) is 0 Å². The topological polar surface area (TPSA) is 26.3 Å². The quantitative estimate of drug-likeness (QED) is 0.176. The fourth-order valence-electron chi connectivity index (χ4n) is 8.45. The normalized spacial score (nSPS) is 12.1. The molecule has 2 heterocycles. The zero-order chi connectivity index (χ0) is 34.8. The van der Waals surface area contributed by atoms with Gasteiger partial charge in [0.05, 0.1) is 0 Å². The van der Waals surface area contributed by atoms with E-state index in [0.717, 1.165) is 51.3 Å². The van der Waals surface area contributed by atoms with Crippen molar-refractivity contribution in [3.05, 3.63) is 163 Å². The summed E-state index contributed by atoms with van der Waals surface area (Å²) in [5, 5.41) is 9.53. The zero-order valence-electron chi connectivity index (χ0n) is 29.2. The first kappa shape index (κ1) is 30.4. The summed E-state index contributed by atoms with van der Waals surface area (Å²) in [5.74, 6) is 0. The van der Waals surface area contributed by atoms with Gasteiger partial charge in [-0.3, -0.25) is 0 Å². The van der Waals surface area contributed by atoms with Crippen LogP contribution in [0.15, 0.2) is 161 Å². The molecule has 10 rings (SSSR count). The van der Waals surface area contributed by atoms with E-state index in [1.165, 1.54) is 71.4 Å². The van der Waals surface area contributed by atoms with Crippen molar-refractivity contribution in [1.82, 2.24) is 0 Å². The summed E-state index contributed by atoms with van der Waals surface area (Å²) in [6.45, 7) is 4.41. The average Bonchev–Trinajstić information content (AvgIpc) is 3.75. The Morgan fingerprint density at radius 1 is 0.481 bits per heavy atom. The predicted molar refractivity (Wildman–Crippen MR) is 221 cm³/mol. The Labute approximate surface area is 302 Å². The second kappa shape index (κ2) is 12.1. The highest BCUT2D eigenvalue weighted by atomic mass is 16.3. The van der Waals surface area contributed by atoms with Crippen LogP contribution in [0.1, 0.15) is 31.4 Å². The van der Waals surface area contributed by atoms with E-state index in [1.807, 2.05) is 12.1 Å². The minimum atomic E-state index is 0.914. The predicted octanol–water partition coefficient (Wildman–Crippen LogP) is 14.8. The fourth-order valence-corrected chi connectivity index (χ4v) is 8.45. The molecule has 0 amide bonds. The lowest BCUT2D eigenvalue weighted by atomic mass is 9.81. The van der Waals surface area contributed by atoms with Crippen molar-refractivity contribution in [2.24, 2.45) is 0 Å². The van der Waals surface area contributed by atoms with Crippen LogP contribution in [0, 0.1) is 0 Å². The molecule has 0 aliphatic heterocycles. The van der Waals surface area contributed by atoms with Gasteiger partial charge in [0, 0.05) is 21.5 Å². The van der Waals surface area contributed by atoms with Gasteiger partial charge in [0.1, 0.15) is 22.3 Å². The third kappa shape index (κ3) is 4.72. The monoisotopic (exact) mass is 668 g/mol. The molecule has 0 fully saturated rings. The molecule has 0 atom stereocenters. The maximum Gasteiger partial charge on any atom is 0.136 e. The van der Waals surface area contributed by atoms with Gasteiger partial charge in [0.2, 0.25) is 0 Å². The van der Waals surface area contributed by atoms with Crippen molar-refractivity contribution < 1.29 is 8.83 Å². The van der Waals surface area contributed by atoms with E-state index in [9.17, 15) is 0 Å². The fraction of sp³-hybridized carbons (Fsp3) is 0.0800. The third-order valence-electron chi connectivity index (χ3n) is 10.7. The van der Waals surface area contributed by atoms with Crippen LogP contribution in [-0.2, 0) is 6.42 Å². The highest BCUT2D eigenvalue weighted by Gasteiger charge is 2.23. The summed E-state index contributed by atoms with van der Waals surface area (Å²) in [7, 11) is 0. The Morgan fingerprint density at radius 2 is 1.12 bits per heavy atom. The molecule has 52 heavy (non-hydrogen) atoms. The van der Waals surface area contributed by atoms with Gasteiger partial charge in [0.15, 0.2) is 0 Å². The molecule has 2 heteroatoms. The zero-order valence-corrected chi connectivity index (χ0v) is 29.2. The maximum atomic E-state index is 6.57. The van der Waals surface area contributed by atoms with Crippen LogP contribution in [0.5, 0.6) is 0 Å². The van der Waals surface area contributed by atoms with E-state index < -0.39 is 0 Å². The molecule has 2 nitrogen and oxygen atoms in total. The number of rotatable bonds is 6. The molecule has 0 N–H and O–H groups in total. The first-order valence-electron chi connectivity index (χ1n) is 18.3. The molecule has 0 radical (unpaired) electrons. The summed E-state index contributed by atoms with van der Waals surface area (Å²) in [6, 6.07) is 52.5. The molecule has 0 spiro atoms. The van der Waals surface area contributed by atoms with E-state index in [2.05, 4.69) is 159 Å². The average molecular weight is 669 g/mol. The van der Waals surface area contributed by atoms with Gasteiger partial charge < -0.3 is 8.83 Å². The van der Waals surface area contributed by atoms with Crippen LogP contribution in [0.3, 0.4) is 0 Å². The van der Waals surface area contributed by atoms with E-state index >= 15 is 0 Å². The van der Waals surface area contributed by atoms with Gasteiger partial charge in [-0.1, -0.05) is 135 Å². The summed E-state index contributed by atoms with van der Waals surface area (Å²) >= 11 is 0. The standard InChI is InChI=1S/C50H36O2/c1-3-12-37-38(13-4-2)49(41-19-11-21-46-50(41)43-29-33-14-5-6-15-34(33)30-47(43)52-46)40-18-8-7-17-39(40)48(37)32-24-22-31(23-25-32)35-26-27-45-42(28-35)36-16-9-10-20-44(36)51-45/h4-11,13-30H,3,12H2,1-2H3/b13-4-. The van der Waals surface area contributed by atoms with Crippen LogP contribution in [-0.4, -0.2) is 0 Å². The lowest BCUT2D eigenvalue weighted by molar-refractivity contribution is 0.669. The number of furan rings is 2. The first-order chi connectivity index (χ1) is 25.7. The van der Waals surface area contributed by atoms with Crippen LogP contribution < -0.4 is 0 Å². The highest BCUT2D eigenvalue weighted by Crippen LogP contribution is 2.47. The molecule has 0 aliphatic carbocycles. The highest BCUT2D eigenvalue weighted by molar-refractivity contribution is 6.20. The molecule has 0 unspecified atom stereocenters. The largest absolute Gasteiger partial charge is 0.456 e. The van der Waals surface area contributed by atoms with Crippen molar-refractivity contribution in [3.8, 4) is 33.4 Å². The Balaban J connectivity index is 1.20. The Morgan fingerprint density at radius 3 is 1.90 bits per heavy atom. The van der Waals surface area contributed by atoms with Gasteiger partial charge in [-0.15, -0.1) is 0 Å².